The van der Waals surface area contributed by atoms with Crippen LogP contribution in [-0.2, 0) is 4.79 Å². The molecule has 0 saturated carbocycles. The van der Waals surface area contributed by atoms with Crippen molar-refractivity contribution < 1.29 is 33.3 Å². The van der Waals surface area contributed by atoms with Gasteiger partial charge in [0.15, 0.2) is 0 Å². The van der Waals surface area contributed by atoms with Crippen molar-refractivity contribution in [2.75, 3.05) is 21.3 Å². The van der Waals surface area contributed by atoms with Crippen molar-refractivity contribution in [3.8, 4) is 39.9 Å². The average molecular weight is 474 g/mol. The Morgan fingerprint density at radius 3 is 2.31 bits per heavy atom. The van der Waals surface area contributed by atoms with Gasteiger partial charge in [-0.05, 0) is 23.8 Å². The van der Waals surface area contributed by atoms with Crippen molar-refractivity contribution in [1.29, 1.82) is 0 Å². The molecule has 0 fully saturated rings. The highest BCUT2D eigenvalue weighted by Gasteiger charge is 2.35. The number of carbonyl (C=O) groups excluding carboxylic acids is 1. The molecule has 8 heteroatoms. The third-order valence-corrected chi connectivity index (χ3v) is 6.19. The van der Waals surface area contributed by atoms with E-state index in [-0.39, 0.29) is 34.5 Å². The van der Waals surface area contributed by atoms with Gasteiger partial charge in [0.1, 0.15) is 46.0 Å². The van der Waals surface area contributed by atoms with Crippen LogP contribution in [0.5, 0.6) is 28.7 Å². The first-order chi connectivity index (χ1) is 16.9. The normalized spacial score (nSPS) is 14.8. The second-order valence-electron chi connectivity index (χ2n) is 8.06. The van der Waals surface area contributed by atoms with Crippen LogP contribution in [0, 0.1) is 0 Å². The minimum Gasteiger partial charge on any atom is -0.507 e. The van der Waals surface area contributed by atoms with E-state index in [9.17, 15) is 14.7 Å². The maximum Gasteiger partial charge on any atom is 0.312 e. The quantitative estimate of drug-likeness (QED) is 0.330. The Bertz CT molecular complexity index is 1500. The lowest BCUT2D eigenvalue weighted by atomic mass is 9.84. The number of methoxy groups -OCH3 is 3. The number of phenolic OH excluding ortho intramolecular Hbond substituents is 1. The molecule has 0 bridgehead atoms. The molecule has 178 valence electrons. The first-order valence-electron chi connectivity index (χ1n) is 10.8. The monoisotopic (exact) mass is 474 g/mol. The molecule has 0 amide bonds. The molecule has 0 spiro atoms. The summed E-state index contributed by atoms with van der Waals surface area (Å²) >= 11 is 0. The van der Waals surface area contributed by atoms with Crippen LogP contribution in [0.2, 0.25) is 0 Å². The van der Waals surface area contributed by atoms with Crippen molar-refractivity contribution in [3.63, 3.8) is 0 Å². The summed E-state index contributed by atoms with van der Waals surface area (Å²) < 4.78 is 27.4. The summed E-state index contributed by atoms with van der Waals surface area (Å²) in [6, 6.07) is 13.5. The molecule has 4 aromatic rings. The molecular formula is C27H22O8. The molecule has 1 atom stereocenters. The molecule has 8 nitrogen and oxygen atoms in total. The molecule has 1 unspecified atom stereocenters. The van der Waals surface area contributed by atoms with E-state index in [4.69, 9.17) is 23.4 Å². The standard InChI is InChI=1S/C27H22O8/c1-31-15-6-4-14(5-7-15)19-13-34-27-24-18(17-9-8-16(32-2)10-21(17)33-3)11-23(29)35-22(24)12-20(28)25(27)26(19)30/h4-10,12-13,18,28H,11H2,1-3H3. The third-order valence-electron chi connectivity index (χ3n) is 6.19. The van der Waals surface area contributed by atoms with E-state index in [0.29, 0.717) is 33.9 Å². The number of carbonyl (C=O) groups is 1. The van der Waals surface area contributed by atoms with Crippen LogP contribution in [0.3, 0.4) is 0 Å². The molecule has 0 radical (unpaired) electrons. The summed E-state index contributed by atoms with van der Waals surface area (Å²) in [5.74, 6) is 0.534. The molecule has 2 heterocycles. The SMILES string of the molecule is COc1ccc(-c2coc3c4c(cc(O)c3c2=O)OC(=O)CC4c2ccc(OC)cc2OC)cc1. The van der Waals surface area contributed by atoms with Gasteiger partial charge in [-0.1, -0.05) is 18.2 Å². The summed E-state index contributed by atoms with van der Waals surface area (Å²) in [6.07, 6.45) is 1.35. The number of aromatic hydroxyl groups is 1. The van der Waals surface area contributed by atoms with Crippen molar-refractivity contribution in [1.82, 2.24) is 0 Å². The Kier molecular flexibility index (Phi) is 5.56. The predicted molar refractivity (Wildman–Crippen MR) is 128 cm³/mol. The van der Waals surface area contributed by atoms with Crippen LogP contribution < -0.4 is 24.4 Å². The van der Waals surface area contributed by atoms with E-state index >= 15 is 0 Å². The van der Waals surface area contributed by atoms with Crippen LogP contribution >= 0.6 is 0 Å². The van der Waals surface area contributed by atoms with Gasteiger partial charge in [0.05, 0.1) is 33.3 Å². The van der Waals surface area contributed by atoms with Gasteiger partial charge in [0.25, 0.3) is 0 Å². The lowest BCUT2D eigenvalue weighted by molar-refractivity contribution is -0.135. The van der Waals surface area contributed by atoms with Gasteiger partial charge in [0, 0.05) is 29.2 Å². The van der Waals surface area contributed by atoms with Crippen LogP contribution in [0.25, 0.3) is 22.1 Å². The van der Waals surface area contributed by atoms with Gasteiger partial charge in [-0.2, -0.15) is 0 Å². The van der Waals surface area contributed by atoms with Crippen molar-refractivity contribution in [2.24, 2.45) is 0 Å². The van der Waals surface area contributed by atoms with Crippen molar-refractivity contribution in [2.45, 2.75) is 12.3 Å². The van der Waals surface area contributed by atoms with Crippen LogP contribution in [-0.4, -0.2) is 32.4 Å². The Morgan fingerprint density at radius 2 is 1.63 bits per heavy atom. The number of esters is 1. The van der Waals surface area contributed by atoms with Crippen molar-refractivity contribution >= 4 is 16.9 Å². The number of rotatable bonds is 5. The number of fused-ring (bicyclic) bond motifs is 3. The fraction of sp³-hybridized carbons (Fsp3) is 0.185. The number of hydrogen-bond donors (Lipinski definition) is 1. The first-order valence-corrected chi connectivity index (χ1v) is 10.8. The first kappa shape index (κ1) is 22.3. The lowest BCUT2D eigenvalue weighted by Gasteiger charge is -2.27. The minimum absolute atomic E-state index is 0.000490. The van der Waals surface area contributed by atoms with Gasteiger partial charge < -0.3 is 28.5 Å². The van der Waals surface area contributed by atoms with Gasteiger partial charge in [-0.3, -0.25) is 9.59 Å². The Balaban J connectivity index is 1.74. The molecule has 35 heavy (non-hydrogen) atoms. The Morgan fingerprint density at radius 1 is 0.914 bits per heavy atom. The highest BCUT2D eigenvalue weighted by molar-refractivity contribution is 5.94. The zero-order valence-corrected chi connectivity index (χ0v) is 19.3. The third kappa shape index (κ3) is 3.73. The minimum atomic E-state index is -0.537. The molecule has 1 aliphatic rings. The molecule has 3 aromatic carbocycles. The van der Waals surface area contributed by atoms with E-state index in [1.54, 1.807) is 56.7 Å². The molecule has 1 N–H and O–H groups in total. The molecule has 0 saturated heterocycles. The summed E-state index contributed by atoms with van der Waals surface area (Å²) in [4.78, 5) is 26.0. The number of hydrogen-bond acceptors (Lipinski definition) is 8. The van der Waals surface area contributed by atoms with Crippen LogP contribution in [0.1, 0.15) is 23.5 Å². The molecule has 1 aromatic heterocycles. The van der Waals surface area contributed by atoms with Gasteiger partial charge >= 0.3 is 5.97 Å². The fourth-order valence-corrected chi connectivity index (χ4v) is 4.47. The van der Waals surface area contributed by atoms with E-state index in [1.165, 1.54) is 19.4 Å². The summed E-state index contributed by atoms with van der Waals surface area (Å²) in [5, 5.41) is 10.8. The largest absolute Gasteiger partial charge is 0.507 e. The predicted octanol–water partition coefficient (Wildman–Crippen LogP) is 4.63. The highest BCUT2D eigenvalue weighted by atomic mass is 16.5. The van der Waals surface area contributed by atoms with E-state index in [2.05, 4.69) is 0 Å². The average Bonchev–Trinajstić information content (AvgIpc) is 2.87. The zero-order valence-electron chi connectivity index (χ0n) is 19.3. The number of ether oxygens (including phenoxy) is 4. The highest BCUT2D eigenvalue weighted by Crippen LogP contribution is 2.48. The van der Waals surface area contributed by atoms with Gasteiger partial charge in [0.2, 0.25) is 5.43 Å². The molecular weight excluding hydrogens is 452 g/mol. The second-order valence-corrected chi connectivity index (χ2v) is 8.06. The second kappa shape index (κ2) is 8.72. The summed E-state index contributed by atoms with van der Waals surface area (Å²) in [5.41, 5.74) is 1.81. The lowest BCUT2D eigenvalue weighted by Crippen LogP contribution is -2.22. The Labute approximate surface area is 200 Å². The summed E-state index contributed by atoms with van der Waals surface area (Å²) in [6.45, 7) is 0. The van der Waals surface area contributed by atoms with Gasteiger partial charge in [-0.25, -0.2) is 0 Å². The van der Waals surface area contributed by atoms with Crippen LogP contribution in [0.15, 0.2) is 64.0 Å². The van der Waals surface area contributed by atoms with Crippen LogP contribution in [0.4, 0.5) is 0 Å². The summed E-state index contributed by atoms with van der Waals surface area (Å²) in [7, 11) is 4.63. The smallest absolute Gasteiger partial charge is 0.312 e. The van der Waals surface area contributed by atoms with Gasteiger partial charge in [-0.15, -0.1) is 0 Å². The maximum atomic E-state index is 13.5. The van der Waals surface area contributed by atoms with E-state index in [0.717, 1.165) is 0 Å². The number of phenols is 1. The maximum absolute atomic E-state index is 13.5. The number of benzene rings is 3. The molecule has 5 rings (SSSR count). The Hall–Kier alpha value is -4.46. The molecule has 1 aliphatic heterocycles. The molecule has 0 aliphatic carbocycles. The van der Waals surface area contributed by atoms with E-state index < -0.39 is 17.3 Å². The van der Waals surface area contributed by atoms with E-state index in [1.807, 2.05) is 0 Å². The van der Waals surface area contributed by atoms with Crippen molar-refractivity contribution in [3.05, 3.63) is 76.1 Å². The zero-order chi connectivity index (χ0) is 24.7. The topological polar surface area (TPSA) is 104 Å². The fourth-order valence-electron chi connectivity index (χ4n) is 4.47.